The molecule has 1 aliphatic heterocycles. The van der Waals surface area contributed by atoms with E-state index >= 15 is 0 Å². The molecule has 0 bridgehead atoms. The van der Waals surface area contributed by atoms with Gasteiger partial charge in [0.15, 0.2) is 11.8 Å². The average molecular weight is 562 g/mol. The molecule has 0 saturated heterocycles. The summed E-state index contributed by atoms with van der Waals surface area (Å²) in [6, 6.07) is 18.6. The Kier molecular flexibility index (Phi) is 9.49. The number of halogens is 1. The van der Waals surface area contributed by atoms with Crippen molar-refractivity contribution in [2.45, 2.75) is 32.0 Å². The maximum Gasteiger partial charge on any atom is 0.191 e. The van der Waals surface area contributed by atoms with E-state index in [1.165, 1.54) is 0 Å². The smallest absolute Gasteiger partial charge is 0.191 e. The van der Waals surface area contributed by atoms with E-state index < -0.39 is 0 Å². The van der Waals surface area contributed by atoms with Crippen LogP contribution in [0.5, 0.6) is 5.75 Å². The molecule has 2 aromatic carbocycles. The fourth-order valence-corrected chi connectivity index (χ4v) is 3.84. The van der Waals surface area contributed by atoms with Crippen LogP contribution < -0.4 is 15.4 Å². The fourth-order valence-electron chi connectivity index (χ4n) is 3.84. The van der Waals surface area contributed by atoms with E-state index in [0.717, 1.165) is 53.9 Å². The van der Waals surface area contributed by atoms with Crippen molar-refractivity contribution in [3.63, 3.8) is 0 Å². The van der Waals surface area contributed by atoms with Crippen LogP contribution in [-0.2, 0) is 24.3 Å². The highest BCUT2D eigenvalue weighted by Gasteiger charge is 2.22. The molecular formula is C24H31IN6O2. The van der Waals surface area contributed by atoms with Crippen LogP contribution in [-0.4, -0.2) is 54.1 Å². The molecule has 33 heavy (non-hydrogen) atoms. The van der Waals surface area contributed by atoms with Crippen LogP contribution in [0.15, 0.2) is 59.6 Å². The number of methoxy groups -OCH3 is 1. The van der Waals surface area contributed by atoms with Crippen LogP contribution in [0.2, 0.25) is 0 Å². The maximum absolute atomic E-state index is 6.07. The molecule has 2 heterocycles. The predicted octanol–water partition coefficient (Wildman–Crippen LogP) is 3.27. The van der Waals surface area contributed by atoms with Gasteiger partial charge in [0.05, 0.1) is 13.1 Å². The lowest BCUT2D eigenvalue weighted by Gasteiger charge is -2.25. The molecule has 0 fully saturated rings. The number of nitrogens with zero attached hydrogens (tertiary/aromatic N) is 4. The molecule has 0 spiro atoms. The second kappa shape index (κ2) is 12.5. The van der Waals surface area contributed by atoms with E-state index in [4.69, 9.17) is 9.47 Å². The minimum atomic E-state index is 0. The number of hydrogen-bond donors (Lipinski definition) is 2. The summed E-state index contributed by atoms with van der Waals surface area (Å²) >= 11 is 0. The second-order valence-corrected chi connectivity index (χ2v) is 7.65. The number of aliphatic imine (C=N–C) groups is 1. The zero-order valence-electron chi connectivity index (χ0n) is 19.0. The zero-order valence-corrected chi connectivity index (χ0v) is 21.4. The first-order valence-electron chi connectivity index (χ1n) is 10.9. The number of guanidine groups is 1. The standard InChI is InChI=1S/C24H30N6O2.HI/c1-25-24(27-19-12-13-23-28-22(17-31-2)29-30(23)16-19)26-14-15-32-21-11-7-6-10-20(21)18-8-4-3-5-9-18;/h3-11,19H,12-17H2,1-2H3,(H2,25,26,27);1H. The SMILES string of the molecule is CN=C(NCCOc1ccccc1-c1ccccc1)NC1CCc2nc(COC)nn2C1.I. The van der Waals surface area contributed by atoms with Crippen molar-refractivity contribution in [1.82, 2.24) is 25.4 Å². The number of benzene rings is 2. The minimum Gasteiger partial charge on any atom is -0.491 e. The van der Waals surface area contributed by atoms with E-state index in [2.05, 4.69) is 43.9 Å². The first-order chi connectivity index (χ1) is 15.8. The summed E-state index contributed by atoms with van der Waals surface area (Å²) in [5, 5.41) is 11.4. The normalized spacial score (nSPS) is 15.3. The number of nitrogens with one attached hydrogen (secondary N) is 2. The van der Waals surface area contributed by atoms with Gasteiger partial charge in [0.25, 0.3) is 0 Å². The van der Waals surface area contributed by atoms with Crippen LogP contribution in [0, 0.1) is 0 Å². The lowest BCUT2D eigenvalue weighted by Crippen LogP contribution is -2.47. The van der Waals surface area contributed by atoms with Crippen LogP contribution in [0.3, 0.4) is 0 Å². The van der Waals surface area contributed by atoms with Gasteiger partial charge in [-0.1, -0.05) is 48.5 Å². The summed E-state index contributed by atoms with van der Waals surface area (Å²) in [6.45, 7) is 2.37. The number of hydrogen-bond acceptors (Lipinski definition) is 5. The molecule has 3 aromatic rings. The van der Waals surface area contributed by atoms with Gasteiger partial charge in [-0.3, -0.25) is 4.99 Å². The van der Waals surface area contributed by atoms with E-state index in [-0.39, 0.29) is 30.0 Å². The van der Waals surface area contributed by atoms with Crippen molar-refractivity contribution in [3.05, 3.63) is 66.2 Å². The first-order valence-corrected chi connectivity index (χ1v) is 10.9. The summed E-state index contributed by atoms with van der Waals surface area (Å²) in [5.74, 6) is 3.39. The third kappa shape index (κ3) is 6.67. The second-order valence-electron chi connectivity index (χ2n) is 7.65. The average Bonchev–Trinajstić information content (AvgIpc) is 3.24. The maximum atomic E-state index is 6.07. The van der Waals surface area contributed by atoms with E-state index in [1.807, 2.05) is 41.1 Å². The molecule has 0 radical (unpaired) electrons. The molecule has 0 aliphatic carbocycles. The Morgan fingerprint density at radius 2 is 1.94 bits per heavy atom. The van der Waals surface area contributed by atoms with Gasteiger partial charge in [0.1, 0.15) is 24.8 Å². The van der Waals surface area contributed by atoms with E-state index in [9.17, 15) is 0 Å². The van der Waals surface area contributed by atoms with Crippen LogP contribution in [0.1, 0.15) is 18.1 Å². The number of ether oxygens (including phenoxy) is 2. The lowest BCUT2D eigenvalue weighted by atomic mass is 10.1. The predicted molar refractivity (Wildman–Crippen MR) is 140 cm³/mol. The quantitative estimate of drug-likeness (QED) is 0.190. The zero-order chi connectivity index (χ0) is 22.2. The number of para-hydroxylation sites is 1. The van der Waals surface area contributed by atoms with Gasteiger partial charge in [-0.25, -0.2) is 9.67 Å². The molecule has 1 unspecified atom stereocenters. The van der Waals surface area contributed by atoms with E-state index in [0.29, 0.717) is 19.8 Å². The molecule has 176 valence electrons. The molecule has 8 nitrogen and oxygen atoms in total. The monoisotopic (exact) mass is 562 g/mol. The minimum absolute atomic E-state index is 0. The largest absolute Gasteiger partial charge is 0.491 e. The van der Waals surface area contributed by atoms with Crippen molar-refractivity contribution >= 4 is 29.9 Å². The number of aryl methyl sites for hydroxylation is 1. The summed E-state index contributed by atoms with van der Waals surface area (Å²) in [4.78, 5) is 8.89. The van der Waals surface area contributed by atoms with Gasteiger partial charge < -0.3 is 20.1 Å². The third-order valence-electron chi connectivity index (χ3n) is 5.36. The van der Waals surface area contributed by atoms with Gasteiger partial charge in [0, 0.05) is 32.2 Å². The summed E-state index contributed by atoms with van der Waals surface area (Å²) in [5.41, 5.74) is 2.24. The first kappa shape index (κ1) is 25.0. The number of aromatic nitrogens is 3. The highest BCUT2D eigenvalue weighted by molar-refractivity contribution is 14.0. The molecule has 1 atom stereocenters. The Morgan fingerprint density at radius 3 is 2.73 bits per heavy atom. The van der Waals surface area contributed by atoms with E-state index in [1.54, 1.807) is 14.2 Å². The third-order valence-corrected chi connectivity index (χ3v) is 5.36. The molecular weight excluding hydrogens is 531 g/mol. The number of rotatable bonds is 8. The van der Waals surface area contributed by atoms with Crippen molar-refractivity contribution in [3.8, 4) is 16.9 Å². The topological polar surface area (TPSA) is 85.6 Å². The molecule has 1 aromatic heterocycles. The molecule has 2 N–H and O–H groups in total. The van der Waals surface area contributed by atoms with Gasteiger partial charge >= 0.3 is 0 Å². The van der Waals surface area contributed by atoms with Crippen molar-refractivity contribution in [2.24, 2.45) is 4.99 Å². The van der Waals surface area contributed by atoms with Gasteiger partial charge in [0.2, 0.25) is 0 Å². The lowest BCUT2D eigenvalue weighted by molar-refractivity contribution is 0.177. The Labute approximate surface area is 211 Å². The molecule has 4 rings (SSSR count). The molecule has 0 saturated carbocycles. The summed E-state index contributed by atoms with van der Waals surface area (Å²) < 4.78 is 13.2. The fraction of sp³-hybridized carbons (Fsp3) is 0.375. The molecule has 0 amide bonds. The van der Waals surface area contributed by atoms with Crippen molar-refractivity contribution < 1.29 is 9.47 Å². The molecule has 1 aliphatic rings. The summed E-state index contributed by atoms with van der Waals surface area (Å²) in [7, 11) is 3.44. The highest BCUT2D eigenvalue weighted by Crippen LogP contribution is 2.29. The Balaban J connectivity index is 0.00000306. The van der Waals surface area contributed by atoms with Crippen LogP contribution >= 0.6 is 24.0 Å². The van der Waals surface area contributed by atoms with Gasteiger partial charge in [-0.15, -0.1) is 24.0 Å². The van der Waals surface area contributed by atoms with Gasteiger partial charge in [-0.2, -0.15) is 5.10 Å². The van der Waals surface area contributed by atoms with Gasteiger partial charge in [-0.05, 0) is 18.1 Å². The van der Waals surface area contributed by atoms with Crippen molar-refractivity contribution in [2.75, 3.05) is 27.3 Å². The van der Waals surface area contributed by atoms with Crippen molar-refractivity contribution in [1.29, 1.82) is 0 Å². The Morgan fingerprint density at radius 1 is 1.15 bits per heavy atom. The Hall–Kier alpha value is -2.66. The number of fused-ring (bicyclic) bond motifs is 1. The highest BCUT2D eigenvalue weighted by atomic mass is 127. The van der Waals surface area contributed by atoms with Crippen LogP contribution in [0.4, 0.5) is 0 Å². The molecule has 9 heteroatoms. The Bertz CT molecular complexity index is 1040. The summed E-state index contributed by atoms with van der Waals surface area (Å²) in [6.07, 6.45) is 1.86. The van der Waals surface area contributed by atoms with Crippen LogP contribution in [0.25, 0.3) is 11.1 Å².